The van der Waals surface area contributed by atoms with Crippen molar-refractivity contribution in [3.05, 3.63) is 30.1 Å². The highest BCUT2D eigenvalue weighted by molar-refractivity contribution is 6.34. The second-order valence-corrected chi connectivity index (χ2v) is 5.01. The first kappa shape index (κ1) is 13.5. The van der Waals surface area contributed by atoms with Crippen LogP contribution in [-0.2, 0) is 16.1 Å². The van der Waals surface area contributed by atoms with E-state index in [-0.39, 0.29) is 0 Å². The monoisotopic (exact) mass is 261 g/mol. The van der Waals surface area contributed by atoms with Gasteiger partial charge < -0.3 is 10.2 Å². The molecule has 1 aromatic rings. The van der Waals surface area contributed by atoms with Gasteiger partial charge in [-0.15, -0.1) is 0 Å². The Kier molecular flexibility index (Phi) is 4.49. The van der Waals surface area contributed by atoms with Crippen molar-refractivity contribution < 1.29 is 9.59 Å². The Hall–Kier alpha value is -1.91. The lowest BCUT2D eigenvalue weighted by Crippen LogP contribution is -2.46. The molecule has 2 amide bonds. The van der Waals surface area contributed by atoms with Gasteiger partial charge in [0.05, 0.1) is 0 Å². The summed E-state index contributed by atoms with van der Waals surface area (Å²) in [6.45, 7) is 3.90. The van der Waals surface area contributed by atoms with Crippen molar-refractivity contribution >= 4 is 11.8 Å². The van der Waals surface area contributed by atoms with Crippen LogP contribution in [0.15, 0.2) is 24.5 Å². The lowest BCUT2D eigenvalue weighted by Gasteiger charge is -2.29. The van der Waals surface area contributed by atoms with E-state index in [0.717, 1.165) is 18.4 Å². The van der Waals surface area contributed by atoms with Gasteiger partial charge in [0.15, 0.2) is 0 Å². The normalized spacial score (nSPS) is 16.2. The molecule has 2 heterocycles. The fourth-order valence-electron chi connectivity index (χ4n) is 2.11. The van der Waals surface area contributed by atoms with Gasteiger partial charge in [-0.05, 0) is 36.5 Å². The molecule has 1 aliphatic heterocycles. The summed E-state index contributed by atoms with van der Waals surface area (Å²) in [5.74, 6) is -0.295. The first-order valence-corrected chi connectivity index (χ1v) is 6.63. The average Bonchev–Trinajstić information content (AvgIpc) is 2.46. The molecule has 2 rings (SSSR count). The minimum atomic E-state index is -0.522. The van der Waals surface area contributed by atoms with Crippen molar-refractivity contribution in [1.29, 1.82) is 0 Å². The fourth-order valence-corrected chi connectivity index (χ4v) is 2.11. The van der Waals surface area contributed by atoms with Crippen molar-refractivity contribution in [3.63, 3.8) is 0 Å². The maximum Gasteiger partial charge on any atom is 0.311 e. The lowest BCUT2D eigenvalue weighted by molar-refractivity contribution is -0.146. The van der Waals surface area contributed by atoms with Gasteiger partial charge in [0.1, 0.15) is 0 Å². The molecule has 5 nitrogen and oxygen atoms in total. The largest absolute Gasteiger partial charge is 0.344 e. The second-order valence-electron chi connectivity index (χ2n) is 5.01. The van der Waals surface area contributed by atoms with Crippen molar-refractivity contribution in [3.8, 4) is 0 Å². The first-order chi connectivity index (χ1) is 9.16. The maximum atomic E-state index is 11.9. The van der Waals surface area contributed by atoms with E-state index in [1.54, 1.807) is 17.3 Å². The molecule has 0 saturated carbocycles. The Morgan fingerprint density at radius 1 is 1.32 bits per heavy atom. The van der Waals surface area contributed by atoms with E-state index < -0.39 is 11.8 Å². The van der Waals surface area contributed by atoms with Gasteiger partial charge in [-0.2, -0.15) is 0 Å². The molecule has 0 aliphatic carbocycles. The molecule has 5 heteroatoms. The van der Waals surface area contributed by atoms with Crippen LogP contribution in [0.2, 0.25) is 0 Å². The van der Waals surface area contributed by atoms with Crippen molar-refractivity contribution in [1.82, 2.24) is 15.2 Å². The van der Waals surface area contributed by atoms with Crippen LogP contribution in [0.25, 0.3) is 0 Å². The van der Waals surface area contributed by atoms with Crippen LogP contribution in [0.3, 0.4) is 0 Å². The number of nitrogens with zero attached hydrogens (tertiary/aromatic N) is 2. The van der Waals surface area contributed by atoms with Crippen LogP contribution >= 0.6 is 0 Å². The molecule has 0 atom stereocenters. The molecule has 102 valence electrons. The van der Waals surface area contributed by atoms with Gasteiger partial charge in [0.25, 0.3) is 0 Å². The van der Waals surface area contributed by atoms with E-state index in [1.165, 1.54) is 0 Å². The number of rotatable bonds is 2. The smallest absolute Gasteiger partial charge is 0.311 e. The number of amides is 2. The van der Waals surface area contributed by atoms with Crippen LogP contribution in [0.5, 0.6) is 0 Å². The van der Waals surface area contributed by atoms with Gasteiger partial charge in [0.2, 0.25) is 0 Å². The third-order valence-corrected chi connectivity index (χ3v) is 3.47. The SMILES string of the molecule is CC1CCN(C(=O)C(=O)NCc2ccncc2)CC1. The zero-order chi connectivity index (χ0) is 13.7. The minimum absolute atomic E-state index is 0.358. The first-order valence-electron chi connectivity index (χ1n) is 6.63. The number of piperidine rings is 1. The Morgan fingerprint density at radius 2 is 1.95 bits per heavy atom. The number of hydrogen-bond acceptors (Lipinski definition) is 3. The topological polar surface area (TPSA) is 62.3 Å². The summed E-state index contributed by atoms with van der Waals surface area (Å²) in [6.07, 6.45) is 5.28. The molecule has 1 fully saturated rings. The maximum absolute atomic E-state index is 11.9. The van der Waals surface area contributed by atoms with Gasteiger partial charge in [-0.1, -0.05) is 6.92 Å². The molecule has 0 spiro atoms. The van der Waals surface area contributed by atoms with Crippen LogP contribution in [0.4, 0.5) is 0 Å². The highest BCUT2D eigenvalue weighted by Gasteiger charge is 2.25. The van der Waals surface area contributed by atoms with Crippen molar-refractivity contribution in [2.24, 2.45) is 5.92 Å². The molecular formula is C14H19N3O2. The van der Waals surface area contributed by atoms with E-state index in [9.17, 15) is 9.59 Å². The predicted molar refractivity (Wildman–Crippen MR) is 71.1 cm³/mol. The highest BCUT2D eigenvalue weighted by atomic mass is 16.2. The van der Waals surface area contributed by atoms with E-state index in [2.05, 4.69) is 17.2 Å². The summed E-state index contributed by atoms with van der Waals surface area (Å²) in [5, 5.41) is 2.65. The Morgan fingerprint density at radius 3 is 2.58 bits per heavy atom. The number of aromatic nitrogens is 1. The van der Waals surface area contributed by atoms with Crippen LogP contribution < -0.4 is 5.32 Å². The van der Waals surface area contributed by atoms with Gasteiger partial charge in [0, 0.05) is 32.0 Å². The van der Waals surface area contributed by atoms with Crippen molar-refractivity contribution in [2.75, 3.05) is 13.1 Å². The number of nitrogens with one attached hydrogen (secondary N) is 1. The number of carbonyl (C=O) groups is 2. The average molecular weight is 261 g/mol. The van der Waals surface area contributed by atoms with Crippen LogP contribution in [0, 0.1) is 5.92 Å². The van der Waals surface area contributed by atoms with Crippen LogP contribution in [0.1, 0.15) is 25.3 Å². The summed E-state index contributed by atoms with van der Waals surface area (Å²) in [7, 11) is 0. The fraction of sp³-hybridized carbons (Fsp3) is 0.500. The Balaban J connectivity index is 1.81. The lowest BCUT2D eigenvalue weighted by atomic mass is 9.99. The molecule has 1 aliphatic rings. The molecule has 1 N–H and O–H groups in total. The van der Waals surface area contributed by atoms with Crippen molar-refractivity contribution in [2.45, 2.75) is 26.3 Å². The summed E-state index contributed by atoms with van der Waals surface area (Å²) in [5.41, 5.74) is 0.934. The zero-order valence-electron chi connectivity index (χ0n) is 11.1. The van der Waals surface area contributed by atoms with Crippen LogP contribution in [-0.4, -0.2) is 34.8 Å². The van der Waals surface area contributed by atoms with Gasteiger partial charge >= 0.3 is 11.8 Å². The number of pyridine rings is 1. The van der Waals surface area contributed by atoms with E-state index in [4.69, 9.17) is 0 Å². The predicted octanol–water partition coefficient (Wildman–Crippen LogP) is 0.956. The minimum Gasteiger partial charge on any atom is -0.344 e. The number of carbonyl (C=O) groups excluding carboxylic acids is 2. The quantitative estimate of drug-likeness (QED) is 0.806. The zero-order valence-corrected chi connectivity index (χ0v) is 11.1. The third-order valence-electron chi connectivity index (χ3n) is 3.47. The number of likely N-dealkylation sites (tertiary alicyclic amines) is 1. The summed E-state index contributed by atoms with van der Waals surface area (Å²) < 4.78 is 0. The van der Waals surface area contributed by atoms with Gasteiger partial charge in [-0.3, -0.25) is 14.6 Å². The van der Waals surface area contributed by atoms with E-state index >= 15 is 0 Å². The molecule has 0 radical (unpaired) electrons. The Bertz CT molecular complexity index is 439. The number of hydrogen-bond donors (Lipinski definition) is 1. The van der Waals surface area contributed by atoms with E-state index in [1.807, 2.05) is 12.1 Å². The summed E-state index contributed by atoms with van der Waals surface area (Å²) >= 11 is 0. The molecule has 1 saturated heterocycles. The summed E-state index contributed by atoms with van der Waals surface area (Å²) in [6, 6.07) is 3.63. The molecule has 1 aromatic heterocycles. The molecule has 19 heavy (non-hydrogen) atoms. The van der Waals surface area contributed by atoms with Gasteiger partial charge in [-0.25, -0.2) is 0 Å². The van der Waals surface area contributed by atoms with E-state index in [0.29, 0.717) is 25.6 Å². The highest BCUT2D eigenvalue weighted by Crippen LogP contribution is 2.15. The summed E-state index contributed by atoms with van der Waals surface area (Å²) in [4.78, 5) is 29.2. The molecule has 0 aromatic carbocycles. The Labute approximate surface area is 113 Å². The standard InChI is InChI=1S/C14H19N3O2/c1-11-4-8-17(9-5-11)14(19)13(18)16-10-12-2-6-15-7-3-12/h2-3,6-7,11H,4-5,8-10H2,1H3,(H,16,18). The molecule has 0 unspecified atom stereocenters. The molecule has 0 bridgehead atoms. The molecular weight excluding hydrogens is 242 g/mol. The third kappa shape index (κ3) is 3.77. The second kappa shape index (κ2) is 6.31.